The molecule has 1 heterocycles. The lowest BCUT2D eigenvalue weighted by molar-refractivity contribution is -0.122. The number of hydrogen-bond acceptors (Lipinski definition) is 5. The van der Waals surface area contributed by atoms with E-state index in [-0.39, 0.29) is 35.0 Å². The van der Waals surface area contributed by atoms with Gasteiger partial charge in [-0.2, -0.15) is 0 Å². The Kier molecular flexibility index (Phi) is 7.63. The van der Waals surface area contributed by atoms with E-state index in [4.69, 9.17) is 0 Å². The maximum absolute atomic E-state index is 13.7. The molecule has 3 rings (SSSR count). The molecule has 1 aliphatic heterocycles. The van der Waals surface area contributed by atoms with Crippen LogP contribution in [-0.2, 0) is 14.8 Å². The number of hydrogen-bond donors (Lipinski definition) is 2. The minimum atomic E-state index is -3.68. The van der Waals surface area contributed by atoms with E-state index in [0.29, 0.717) is 12.0 Å². The lowest BCUT2D eigenvalue weighted by Crippen LogP contribution is -2.40. The maximum Gasteiger partial charge on any atom is 0.263 e. The van der Waals surface area contributed by atoms with Gasteiger partial charge < -0.3 is 10.2 Å². The van der Waals surface area contributed by atoms with Crippen molar-refractivity contribution in [2.75, 3.05) is 20.6 Å². The molecule has 9 heteroatoms. The molecule has 2 atom stereocenters. The van der Waals surface area contributed by atoms with Crippen LogP contribution in [0.4, 0.5) is 4.39 Å². The van der Waals surface area contributed by atoms with Crippen molar-refractivity contribution in [3.8, 4) is 0 Å². The number of fused-ring (bicyclic) bond motifs is 1. The summed E-state index contributed by atoms with van der Waals surface area (Å²) in [6.45, 7) is 2.28. The Morgan fingerprint density at radius 1 is 1.19 bits per heavy atom. The van der Waals surface area contributed by atoms with E-state index in [1.807, 2.05) is 32.0 Å². The van der Waals surface area contributed by atoms with E-state index in [2.05, 4.69) is 15.0 Å². The highest BCUT2D eigenvalue weighted by atomic mass is 32.2. The zero-order chi connectivity index (χ0) is 23.3. The second-order valence-corrected chi connectivity index (χ2v) is 9.67. The number of carbonyl (C=O) groups excluding carboxylic acids is 1. The van der Waals surface area contributed by atoms with Crippen LogP contribution < -0.4 is 10.0 Å². The first-order valence-electron chi connectivity index (χ1n) is 10.6. The van der Waals surface area contributed by atoms with Crippen molar-refractivity contribution >= 4 is 21.8 Å². The second-order valence-electron chi connectivity index (χ2n) is 8.02. The van der Waals surface area contributed by atoms with E-state index < -0.39 is 16.1 Å². The quantitative estimate of drug-likeness (QED) is 0.602. The van der Waals surface area contributed by atoms with E-state index >= 15 is 0 Å². The number of amidine groups is 1. The van der Waals surface area contributed by atoms with E-state index in [9.17, 15) is 17.6 Å². The van der Waals surface area contributed by atoms with Gasteiger partial charge in [-0.3, -0.25) is 14.5 Å². The highest BCUT2D eigenvalue weighted by molar-refractivity contribution is 7.90. The van der Waals surface area contributed by atoms with Crippen molar-refractivity contribution < 1.29 is 17.6 Å². The van der Waals surface area contributed by atoms with Gasteiger partial charge in [0.05, 0.1) is 10.9 Å². The SMILES string of the molecule is CCCCC(N=C1NS(=O)(=O)c2ccccc21)C(=O)NCC(c1cccc(F)c1)N(C)C. The number of rotatable bonds is 9. The van der Waals surface area contributed by atoms with Crippen molar-refractivity contribution in [3.63, 3.8) is 0 Å². The van der Waals surface area contributed by atoms with E-state index in [1.165, 1.54) is 18.2 Å². The monoisotopic (exact) mass is 460 g/mol. The van der Waals surface area contributed by atoms with Gasteiger partial charge in [-0.25, -0.2) is 12.8 Å². The molecule has 2 aromatic carbocycles. The van der Waals surface area contributed by atoms with Gasteiger partial charge in [0.25, 0.3) is 10.0 Å². The molecule has 0 fully saturated rings. The lowest BCUT2D eigenvalue weighted by atomic mass is 10.0. The normalized spacial score (nSPS) is 17.6. The summed E-state index contributed by atoms with van der Waals surface area (Å²) in [5, 5.41) is 2.92. The zero-order valence-corrected chi connectivity index (χ0v) is 19.3. The van der Waals surface area contributed by atoms with Crippen molar-refractivity contribution in [2.24, 2.45) is 4.99 Å². The zero-order valence-electron chi connectivity index (χ0n) is 18.5. The van der Waals surface area contributed by atoms with Crippen molar-refractivity contribution in [1.29, 1.82) is 0 Å². The van der Waals surface area contributed by atoms with Crippen LogP contribution in [0.1, 0.15) is 43.4 Å². The molecule has 32 heavy (non-hydrogen) atoms. The average molecular weight is 461 g/mol. The first-order chi connectivity index (χ1) is 15.2. The highest BCUT2D eigenvalue weighted by Crippen LogP contribution is 2.23. The van der Waals surface area contributed by atoms with Gasteiger partial charge in [-0.15, -0.1) is 0 Å². The minimum absolute atomic E-state index is 0.159. The molecule has 0 spiro atoms. The van der Waals surface area contributed by atoms with Crippen molar-refractivity contribution in [3.05, 3.63) is 65.5 Å². The van der Waals surface area contributed by atoms with Crippen LogP contribution in [0.5, 0.6) is 0 Å². The molecule has 0 saturated carbocycles. The third-order valence-corrected chi connectivity index (χ3v) is 6.80. The van der Waals surface area contributed by atoms with Crippen LogP contribution >= 0.6 is 0 Å². The van der Waals surface area contributed by atoms with Crippen molar-refractivity contribution in [2.45, 2.75) is 43.2 Å². The van der Waals surface area contributed by atoms with Crippen LogP contribution in [0.15, 0.2) is 58.4 Å². The Balaban J connectivity index is 1.80. The van der Waals surface area contributed by atoms with Crippen LogP contribution in [-0.4, -0.2) is 51.7 Å². The van der Waals surface area contributed by atoms with E-state index in [1.54, 1.807) is 24.3 Å². The molecule has 0 radical (unpaired) electrons. The number of likely N-dealkylation sites (N-methyl/N-ethyl adjacent to an activating group) is 1. The third kappa shape index (κ3) is 5.52. The molecule has 2 unspecified atom stereocenters. The fourth-order valence-corrected chi connectivity index (χ4v) is 4.90. The number of aliphatic imine (C=N–C) groups is 1. The first kappa shape index (κ1) is 23.9. The number of nitrogens with one attached hydrogen (secondary N) is 2. The Labute approximate surface area is 188 Å². The molecular weight excluding hydrogens is 431 g/mol. The largest absolute Gasteiger partial charge is 0.352 e. The lowest BCUT2D eigenvalue weighted by Gasteiger charge is -2.26. The van der Waals surface area contributed by atoms with Crippen LogP contribution in [0, 0.1) is 5.82 Å². The molecule has 172 valence electrons. The van der Waals surface area contributed by atoms with Crippen LogP contribution in [0.2, 0.25) is 0 Å². The molecule has 0 aliphatic carbocycles. The Morgan fingerprint density at radius 3 is 2.62 bits per heavy atom. The topological polar surface area (TPSA) is 90.9 Å². The number of sulfonamides is 1. The number of nitrogens with zero attached hydrogens (tertiary/aromatic N) is 2. The van der Waals surface area contributed by atoms with Gasteiger partial charge in [-0.1, -0.05) is 44.0 Å². The minimum Gasteiger partial charge on any atom is -0.352 e. The predicted octanol–water partition coefficient (Wildman–Crippen LogP) is 2.84. The third-order valence-electron chi connectivity index (χ3n) is 5.41. The fraction of sp³-hybridized carbons (Fsp3) is 0.391. The predicted molar refractivity (Wildman–Crippen MR) is 122 cm³/mol. The molecule has 0 bridgehead atoms. The summed E-state index contributed by atoms with van der Waals surface area (Å²) in [4.78, 5) is 19.6. The maximum atomic E-state index is 13.7. The summed E-state index contributed by atoms with van der Waals surface area (Å²) >= 11 is 0. The molecule has 1 aliphatic rings. The molecule has 7 nitrogen and oxygen atoms in total. The standard InChI is InChI=1S/C23H29FN4O3S/c1-4-5-12-19(26-22-18-11-6-7-13-21(18)32(30,31)27-22)23(29)25-15-20(28(2)3)16-9-8-10-17(24)14-16/h6-11,13-14,19-20H,4-5,12,15H2,1-3H3,(H,25,29)(H,26,27). The number of carbonyl (C=O) groups is 1. The average Bonchev–Trinajstić information content (AvgIpc) is 3.01. The van der Waals surface area contributed by atoms with Crippen LogP contribution in [0.3, 0.4) is 0 Å². The number of halogens is 1. The summed E-state index contributed by atoms with van der Waals surface area (Å²) in [5.74, 6) is -0.441. The summed E-state index contributed by atoms with van der Waals surface area (Å²) in [5.41, 5.74) is 1.22. The molecular formula is C23H29FN4O3S. The molecule has 0 aromatic heterocycles. The number of unbranched alkanes of at least 4 members (excludes halogenated alkanes) is 1. The Morgan fingerprint density at radius 2 is 1.94 bits per heavy atom. The van der Waals surface area contributed by atoms with Gasteiger partial charge in [-0.05, 0) is 50.3 Å². The van der Waals surface area contributed by atoms with Crippen molar-refractivity contribution in [1.82, 2.24) is 14.9 Å². The summed E-state index contributed by atoms with van der Waals surface area (Å²) in [7, 11) is 0.0454. The summed E-state index contributed by atoms with van der Waals surface area (Å²) < 4.78 is 40.9. The summed E-state index contributed by atoms with van der Waals surface area (Å²) in [6.07, 6.45) is 2.13. The molecule has 2 N–H and O–H groups in total. The van der Waals surface area contributed by atoms with Crippen LogP contribution in [0.25, 0.3) is 0 Å². The first-order valence-corrected chi connectivity index (χ1v) is 12.1. The van der Waals surface area contributed by atoms with Gasteiger partial charge >= 0.3 is 0 Å². The smallest absolute Gasteiger partial charge is 0.263 e. The van der Waals surface area contributed by atoms with Gasteiger partial charge in [0, 0.05) is 12.1 Å². The molecule has 1 amide bonds. The number of amides is 1. The molecule has 0 saturated heterocycles. The fourth-order valence-electron chi connectivity index (χ4n) is 3.66. The molecule has 2 aromatic rings. The Bertz CT molecular complexity index is 1100. The van der Waals surface area contributed by atoms with E-state index in [0.717, 1.165) is 18.4 Å². The highest BCUT2D eigenvalue weighted by Gasteiger charge is 2.32. The van der Waals surface area contributed by atoms with Gasteiger partial charge in [0.15, 0.2) is 0 Å². The second kappa shape index (κ2) is 10.2. The Hall–Kier alpha value is -2.78. The van der Waals surface area contributed by atoms with Gasteiger partial charge in [0.1, 0.15) is 17.7 Å². The number of benzene rings is 2. The van der Waals surface area contributed by atoms with Gasteiger partial charge in [0.2, 0.25) is 5.91 Å². The summed E-state index contributed by atoms with van der Waals surface area (Å²) in [6, 6.07) is 11.9.